The lowest BCUT2D eigenvalue weighted by atomic mass is 10.2. The lowest BCUT2D eigenvalue weighted by Crippen LogP contribution is -2.22. The second-order valence-corrected chi connectivity index (χ2v) is 5.07. The van der Waals surface area contributed by atoms with Gasteiger partial charge in [-0.1, -0.05) is 11.6 Å². The van der Waals surface area contributed by atoms with Crippen LogP contribution in [0.25, 0.3) is 10.2 Å². The van der Waals surface area contributed by atoms with E-state index >= 15 is 0 Å². The Morgan fingerprint density at radius 1 is 1.38 bits per heavy atom. The third kappa shape index (κ3) is 1.83. The molecule has 0 bridgehead atoms. The Balaban J connectivity index is 2.59. The van der Waals surface area contributed by atoms with Crippen molar-refractivity contribution in [1.29, 1.82) is 0 Å². The number of hydrogen-bond acceptors (Lipinski definition) is 4. The van der Waals surface area contributed by atoms with E-state index in [9.17, 15) is 0 Å². The Hall–Kier alpha value is -1.00. The molecular formula is C11H14ClN3S. The van der Waals surface area contributed by atoms with Crippen molar-refractivity contribution in [2.24, 2.45) is 0 Å². The second kappa shape index (κ2) is 4.47. The van der Waals surface area contributed by atoms with E-state index in [4.69, 9.17) is 17.3 Å². The first-order valence-corrected chi connectivity index (χ1v) is 6.46. The summed E-state index contributed by atoms with van der Waals surface area (Å²) in [4.78, 5) is 6.44. The fourth-order valence-corrected chi connectivity index (χ4v) is 2.88. The highest BCUT2D eigenvalue weighted by Crippen LogP contribution is 2.36. The SMILES string of the molecule is CCN(CC)c1ccc2nc(Cl)sc2c1N. The van der Waals surface area contributed by atoms with Crippen LogP contribution >= 0.6 is 22.9 Å². The van der Waals surface area contributed by atoms with Gasteiger partial charge >= 0.3 is 0 Å². The number of nitrogens with two attached hydrogens (primary N) is 1. The van der Waals surface area contributed by atoms with Crippen LogP contribution in [-0.2, 0) is 0 Å². The maximum atomic E-state index is 6.15. The molecule has 2 aromatic rings. The number of halogens is 1. The highest BCUT2D eigenvalue weighted by atomic mass is 35.5. The average molecular weight is 256 g/mol. The molecule has 0 amide bonds. The number of aromatic nitrogens is 1. The van der Waals surface area contributed by atoms with Crippen LogP contribution in [-0.4, -0.2) is 18.1 Å². The predicted molar refractivity (Wildman–Crippen MR) is 72.6 cm³/mol. The largest absolute Gasteiger partial charge is 0.396 e. The number of nitrogen functional groups attached to an aromatic ring is 1. The van der Waals surface area contributed by atoms with E-state index in [1.807, 2.05) is 12.1 Å². The lowest BCUT2D eigenvalue weighted by Gasteiger charge is -2.22. The van der Waals surface area contributed by atoms with Crippen molar-refractivity contribution in [1.82, 2.24) is 4.98 Å². The van der Waals surface area contributed by atoms with Gasteiger partial charge < -0.3 is 10.6 Å². The van der Waals surface area contributed by atoms with E-state index in [-0.39, 0.29) is 0 Å². The first kappa shape index (κ1) is 11.5. The third-order valence-corrected chi connectivity index (χ3v) is 3.86. The summed E-state index contributed by atoms with van der Waals surface area (Å²) >= 11 is 7.33. The Kier molecular flexibility index (Phi) is 3.21. The van der Waals surface area contributed by atoms with E-state index < -0.39 is 0 Å². The summed E-state index contributed by atoms with van der Waals surface area (Å²) in [5.74, 6) is 0. The number of rotatable bonds is 3. The van der Waals surface area contributed by atoms with Crippen molar-refractivity contribution in [3.05, 3.63) is 16.6 Å². The first-order chi connectivity index (χ1) is 7.67. The van der Waals surface area contributed by atoms with E-state index in [1.54, 1.807) is 0 Å². The molecule has 3 nitrogen and oxygen atoms in total. The molecule has 0 fully saturated rings. The third-order valence-electron chi connectivity index (χ3n) is 2.65. The van der Waals surface area contributed by atoms with Gasteiger partial charge in [-0.05, 0) is 26.0 Å². The van der Waals surface area contributed by atoms with E-state index in [0.717, 1.165) is 34.7 Å². The second-order valence-electron chi connectivity index (χ2n) is 3.49. The fourth-order valence-electron chi connectivity index (χ4n) is 1.81. The van der Waals surface area contributed by atoms with Crippen LogP contribution in [0.3, 0.4) is 0 Å². The van der Waals surface area contributed by atoms with Gasteiger partial charge in [-0.2, -0.15) is 0 Å². The molecule has 1 aromatic heterocycles. The number of thiazole rings is 1. The molecule has 0 radical (unpaired) electrons. The summed E-state index contributed by atoms with van der Waals surface area (Å²) in [7, 11) is 0. The minimum absolute atomic E-state index is 0.540. The Morgan fingerprint density at radius 3 is 2.69 bits per heavy atom. The minimum atomic E-state index is 0.540. The molecule has 0 saturated heterocycles. The molecule has 0 saturated carbocycles. The van der Waals surface area contributed by atoms with Crippen LogP contribution in [0.15, 0.2) is 12.1 Å². The van der Waals surface area contributed by atoms with Gasteiger partial charge in [-0.15, -0.1) is 11.3 Å². The highest BCUT2D eigenvalue weighted by molar-refractivity contribution is 7.22. The van der Waals surface area contributed by atoms with Gasteiger partial charge in [0.1, 0.15) is 0 Å². The number of fused-ring (bicyclic) bond motifs is 1. The van der Waals surface area contributed by atoms with Gasteiger partial charge in [0.05, 0.1) is 21.6 Å². The average Bonchev–Trinajstić information content (AvgIpc) is 2.65. The summed E-state index contributed by atoms with van der Waals surface area (Å²) in [6.07, 6.45) is 0. The maximum Gasteiger partial charge on any atom is 0.184 e. The van der Waals surface area contributed by atoms with Crippen molar-refractivity contribution in [2.45, 2.75) is 13.8 Å². The van der Waals surface area contributed by atoms with Gasteiger partial charge in [0.25, 0.3) is 0 Å². The van der Waals surface area contributed by atoms with Crippen molar-refractivity contribution < 1.29 is 0 Å². The molecule has 1 aromatic carbocycles. The molecule has 0 aliphatic heterocycles. The van der Waals surface area contributed by atoms with E-state index in [0.29, 0.717) is 4.47 Å². The van der Waals surface area contributed by atoms with Gasteiger partial charge in [0, 0.05) is 13.1 Å². The van der Waals surface area contributed by atoms with Crippen LogP contribution in [0.4, 0.5) is 11.4 Å². The maximum absolute atomic E-state index is 6.15. The van der Waals surface area contributed by atoms with Crippen molar-refractivity contribution >= 4 is 44.5 Å². The molecule has 1 heterocycles. The summed E-state index contributed by atoms with van der Waals surface area (Å²) in [6, 6.07) is 3.99. The quantitative estimate of drug-likeness (QED) is 0.855. The lowest BCUT2D eigenvalue weighted by molar-refractivity contribution is 0.868. The summed E-state index contributed by atoms with van der Waals surface area (Å²) in [5.41, 5.74) is 8.88. The van der Waals surface area contributed by atoms with Gasteiger partial charge in [-0.3, -0.25) is 0 Å². The molecule has 16 heavy (non-hydrogen) atoms. The van der Waals surface area contributed by atoms with Crippen LogP contribution < -0.4 is 10.6 Å². The molecule has 0 aliphatic rings. The monoisotopic (exact) mass is 255 g/mol. The first-order valence-electron chi connectivity index (χ1n) is 5.26. The fraction of sp³-hybridized carbons (Fsp3) is 0.364. The number of nitrogens with zero attached hydrogens (tertiary/aromatic N) is 2. The van der Waals surface area contributed by atoms with Crippen LogP contribution in [0.1, 0.15) is 13.8 Å². The van der Waals surface area contributed by atoms with Gasteiger partial charge in [-0.25, -0.2) is 4.98 Å². The van der Waals surface area contributed by atoms with Crippen LogP contribution in [0.5, 0.6) is 0 Å². The Labute approximate surface area is 104 Å². The van der Waals surface area contributed by atoms with Gasteiger partial charge in [0.2, 0.25) is 0 Å². The topological polar surface area (TPSA) is 42.2 Å². The van der Waals surface area contributed by atoms with E-state index in [1.165, 1.54) is 11.3 Å². The zero-order valence-electron chi connectivity index (χ0n) is 9.33. The number of hydrogen-bond donors (Lipinski definition) is 1. The predicted octanol–water partition coefficient (Wildman–Crippen LogP) is 3.38. The summed E-state index contributed by atoms with van der Waals surface area (Å²) in [5, 5.41) is 0. The molecular weight excluding hydrogens is 242 g/mol. The van der Waals surface area contributed by atoms with Crippen LogP contribution in [0, 0.1) is 0 Å². The van der Waals surface area contributed by atoms with Crippen molar-refractivity contribution in [2.75, 3.05) is 23.7 Å². The van der Waals surface area contributed by atoms with Crippen LogP contribution in [0.2, 0.25) is 4.47 Å². The molecule has 2 rings (SSSR count). The van der Waals surface area contributed by atoms with Crippen molar-refractivity contribution in [3.8, 4) is 0 Å². The van der Waals surface area contributed by atoms with Crippen molar-refractivity contribution in [3.63, 3.8) is 0 Å². The number of anilines is 2. The standard InChI is InChI=1S/C11H14ClN3S/c1-3-15(4-2)8-6-5-7-10(9(8)13)16-11(12)14-7/h5-6H,3-4,13H2,1-2H3. The zero-order valence-corrected chi connectivity index (χ0v) is 10.9. The molecule has 0 aliphatic carbocycles. The molecule has 5 heteroatoms. The Morgan fingerprint density at radius 2 is 2.06 bits per heavy atom. The normalized spacial score (nSPS) is 10.9. The molecule has 2 N–H and O–H groups in total. The highest BCUT2D eigenvalue weighted by Gasteiger charge is 2.12. The molecule has 0 unspecified atom stereocenters. The Bertz CT molecular complexity index is 505. The minimum Gasteiger partial charge on any atom is -0.396 e. The molecule has 0 spiro atoms. The summed E-state index contributed by atoms with van der Waals surface area (Å²) in [6.45, 7) is 6.12. The summed E-state index contributed by atoms with van der Waals surface area (Å²) < 4.78 is 1.52. The molecule has 0 atom stereocenters. The van der Waals surface area contributed by atoms with Gasteiger partial charge in [0.15, 0.2) is 4.47 Å². The zero-order chi connectivity index (χ0) is 11.7. The van der Waals surface area contributed by atoms with E-state index in [2.05, 4.69) is 23.7 Å². The smallest absolute Gasteiger partial charge is 0.184 e. The molecule has 86 valence electrons. The number of benzene rings is 1.